The standard InChI is InChI=1S/C13H17N3O2/c1-13(2,12(17)18)15-7-9-4-5-11-10(6-9)14-8-16(11)3/h4-6,8,15H,7H2,1-3H3,(H,17,18). The van der Waals surface area contributed by atoms with E-state index in [9.17, 15) is 4.79 Å². The average molecular weight is 247 g/mol. The molecule has 2 aromatic rings. The molecule has 96 valence electrons. The van der Waals surface area contributed by atoms with E-state index in [1.54, 1.807) is 20.2 Å². The van der Waals surface area contributed by atoms with Crippen LogP contribution in [0.3, 0.4) is 0 Å². The smallest absolute Gasteiger partial charge is 0.323 e. The molecule has 0 aliphatic rings. The Hall–Kier alpha value is -1.88. The van der Waals surface area contributed by atoms with Gasteiger partial charge < -0.3 is 9.67 Å². The van der Waals surface area contributed by atoms with Gasteiger partial charge >= 0.3 is 5.97 Å². The molecule has 0 fully saturated rings. The van der Waals surface area contributed by atoms with E-state index < -0.39 is 11.5 Å². The van der Waals surface area contributed by atoms with Gasteiger partial charge in [0.15, 0.2) is 0 Å². The molecule has 0 unspecified atom stereocenters. The van der Waals surface area contributed by atoms with Crippen LogP contribution in [0.2, 0.25) is 0 Å². The second-order valence-corrected chi connectivity index (χ2v) is 4.96. The number of carbonyl (C=O) groups is 1. The van der Waals surface area contributed by atoms with E-state index in [4.69, 9.17) is 5.11 Å². The molecule has 1 aromatic carbocycles. The molecule has 5 nitrogen and oxygen atoms in total. The number of nitrogens with one attached hydrogen (secondary N) is 1. The Bertz CT molecular complexity index is 587. The Morgan fingerprint density at radius 2 is 2.22 bits per heavy atom. The Kier molecular flexibility index (Phi) is 3.09. The number of nitrogens with zero attached hydrogens (tertiary/aromatic N) is 2. The van der Waals surface area contributed by atoms with Gasteiger partial charge in [-0.1, -0.05) is 6.07 Å². The topological polar surface area (TPSA) is 67.2 Å². The molecular weight excluding hydrogens is 230 g/mol. The number of benzene rings is 1. The molecule has 0 bridgehead atoms. The highest BCUT2D eigenvalue weighted by Gasteiger charge is 2.25. The van der Waals surface area contributed by atoms with Crippen LogP contribution in [0.4, 0.5) is 0 Å². The largest absolute Gasteiger partial charge is 0.480 e. The minimum absolute atomic E-state index is 0.506. The molecule has 2 rings (SSSR count). The molecule has 1 aromatic heterocycles. The molecule has 0 spiro atoms. The SMILES string of the molecule is Cn1cnc2cc(CNC(C)(C)C(=O)O)ccc21. The van der Waals surface area contributed by atoms with E-state index in [-0.39, 0.29) is 0 Å². The molecule has 1 heterocycles. The molecule has 0 radical (unpaired) electrons. The summed E-state index contributed by atoms with van der Waals surface area (Å²) in [7, 11) is 1.95. The zero-order valence-corrected chi connectivity index (χ0v) is 10.8. The second-order valence-electron chi connectivity index (χ2n) is 4.96. The van der Waals surface area contributed by atoms with Gasteiger partial charge in [-0.3, -0.25) is 10.1 Å². The monoisotopic (exact) mass is 247 g/mol. The zero-order chi connectivity index (χ0) is 13.3. The summed E-state index contributed by atoms with van der Waals surface area (Å²) < 4.78 is 1.95. The fourth-order valence-corrected chi connectivity index (χ4v) is 1.69. The summed E-state index contributed by atoms with van der Waals surface area (Å²) in [5, 5.41) is 12.0. The first-order chi connectivity index (χ1) is 8.40. The molecular formula is C13H17N3O2. The van der Waals surface area contributed by atoms with Gasteiger partial charge in [-0.05, 0) is 31.5 Å². The molecule has 0 atom stereocenters. The van der Waals surface area contributed by atoms with E-state index in [0.29, 0.717) is 6.54 Å². The Balaban J connectivity index is 2.15. The Morgan fingerprint density at radius 3 is 2.89 bits per heavy atom. The lowest BCUT2D eigenvalue weighted by atomic mass is 10.1. The minimum Gasteiger partial charge on any atom is -0.480 e. The van der Waals surface area contributed by atoms with Crippen LogP contribution in [0.5, 0.6) is 0 Å². The van der Waals surface area contributed by atoms with Crippen molar-refractivity contribution in [1.29, 1.82) is 0 Å². The van der Waals surface area contributed by atoms with Gasteiger partial charge in [0.1, 0.15) is 5.54 Å². The minimum atomic E-state index is -0.931. The fraction of sp³-hybridized carbons (Fsp3) is 0.385. The molecule has 5 heteroatoms. The number of hydrogen-bond acceptors (Lipinski definition) is 3. The van der Waals surface area contributed by atoms with Crippen LogP contribution in [0.15, 0.2) is 24.5 Å². The summed E-state index contributed by atoms with van der Waals surface area (Å²) in [5.74, 6) is -0.860. The first kappa shape index (κ1) is 12.6. The fourth-order valence-electron chi connectivity index (χ4n) is 1.69. The summed E-state index contributed by atoms with van der Waals surface area (Å²) >= 11 is 0. The summed E-state index contributed by atoms with van der Waals surface area (Å²) in [5.41, 5.74) is 2.08. The highest BCUT2D eigenvalue weighted by molar-refractivity contribution is 5.78. The lowest BCUT2D eigenvalue weighted by molar-refractivity contribution is -0.143. The van der Waals surface area contributed by atoms with Crippen molar-refractivity contribution in [3.63, 3.8) is 0 Å². The van der Waals surface area contributed by atoms with Crippen LogP contribution < -0.4 is 5.32 Å². The maximum Gasteiger partial charge on any atom is 0.323 e. The van der Waals surface area contributed by atoms with Gasteiger partial charge in [-0.2, -0.15) is 0 Å². The predicted octanol–water partition coefficient (Wildman–Crippen LogP) is 1.53. The van der Waals surface area contributed by atoms with Crippen LogP contribution in [0, 0.1) is 0 Å². The number of aliphatic carboxylic acids is 1. The van der Waals surface area contributed by atoms with Gasteiger partial charge in [0.25, 0.3) is 0 Å². The quantitative estimate of drug-likeness (QED) is 0.859. The summed E-state index contributed by atoms with van der Waals surface area (Å²) in [6, 6.07) is 5.95. The van der Waals surface area contributed by atoms with E-state index in [0.717, 1.165) is 16.6 Å². The van der Waals surface area contributed by atoms with Crippen molar-refractivity contribution in [2.75, 3.05) is 0 Å². The van der Waals surface area contributed by atoms with Crippen molar-refractivity contribution in [3.05, 3.63) is 30.1 Å². The van der Waals surface area contributed by atoms with E-state index in [1.807, 2.05) is 29.8 Å². The summed E-state index contributed by atoms with van der Waals surface area (Å²) in [6.45, 7) is 3.80. The maximum absolute atomic E-state index is 11.0. The normalized spacial score (nSPS) is 11.9. The van der Waals surface area contributed by atoms with Gasteiger partial charge in [0.2, 0.25) is 0 Å². The highest BCUT2D eigenvalue weighted by atomic mass is 16.4. The third-order valence-corrected chi connectivity index (χ3v) is 3.06. The zero-order valence-electron chi connectivity index (χ0n) is 10.8. The van der Waals surface area contributed by atoms with Crippen molar-refractivity contribution >= 4 is 17.0 Å². The Labute approximate surface area is 105 Å². The first-order valence-electron chi connectivity index (χ1n) is 5.78. The van der Waals surface area contributed by atoms with Crippen LogP contribution in [0.1, 0.15) is 19.4 Å². The van der Waals surface area contributed by atoms with E-state index in [1.165, 1.54) is 0 Å². The molecule has 0 saturated heterocycles. The molecule has 2 N–H and O–H groups in total. The lowest BCUT2D eigenvalue weighted by Crippen LogP contribution is -2.46. The number of aryl methyl sites for hydroxylation is 1. The molecule has 0 aliphatic carbocycles. The number of fused-ring (bicyclic) bond motifs is 1. The number of imidazole rings is 1. The average Bonchev–Trinajstić information content (AvgIpc) is 2.68. The maximum atomic E-state index is 11.0. The number of carboxylic acid groups (broad SMARTS) is 1. The first-order valence-corrected chi connectivity index (χ1v) is 5.78. The molecule has 18 heavy (non-hydrogen) atoms. The van der Waals surface area contributed by atoms with Crippen molar-refractivity contribution in [1.82, 2.24) is 14.9 Å². The third kappa shape index (κ3) is 2.36. The predicted molar refractivity (Wildman–Crippen MR) is 69.3 cm³/mol. The van der Waals surface area contributed by atoms with Gasteiger partial charge in [0, 0.05) is 13.6 Å². The number of carboxylic acids is 1. The Morgan fingerprint density at radius 1 is 1.50 bits per heavy atom. The van der Waals surface area contributed by atoms with Gasteiger partial charge in [-0.15, -0.1) is 0 Å². The number of rotatable bonds is 4. The van der Waals surface area contributed by atoms with Crippen LogP contribution in [-0.4, -0.2) is 26.2 Å². The van der Waals surface area contributed by atoms with Crippen molar-refractivity contribution in [3.8, 4) is 0 Å². The van der Waals surface area contributed by atoms with E-state index in [2.05, 4.69) is 10.3 Å². The lowest BCUT2D eigenvalue weighted by Gasteiger charge is -2.21. The second kappa shape index (κ2) is 4.42. The van der Waals surface area contributed by atoms with Crippen molar-refractivity contribution < 1.29 is 9.90 Å². The van der Waals surface area contributed by atoms with Crippen LogP contribution in [-0.2, 0) is 18.4 Å². The summed E-state index contributed by atoms with van der Waals surface area (Å²) in [4.78, 5) is 15.3. The van der Waals surface area contributed by atoms with Gasteiger partial charge in [0.05, 0.1) is 17.4 Å². The van der Waals surface area contributed by atoms with E-state index >= 15 is 0 Å². The molecule has 0 amide bonds. The summed E-state index contributed by atoms with van der Waals surface area (Å²) in [6.07, 6.45) is 1.77. The highest BCUT2D eigenvalue weighted by Crippen LogP contribution is 2.14. The third-order valence-electron chi connectivity index (χ3n) is 3.06. The number of aromatic nitrogens is 2. The molecule has 0 aliphatic heterocycles. The van der Waals surface area contributed by atoms with Crippen LogP contribution in [0.25, 0.3) is 11.0 Å². The molecule has 0 saturated carbocycles. The van der Waals surface area contributed by atoms with Crippen LogP contribution >= 0.6 is 0 Å². The van der Waals surface area contributed by atoms with Crippen molar-refractivity contribution in [2.45, 2.75) is 25.9 Å². The number of hydrogen-bond donors (Lipinski definition) is 2. The van der Waals surface area contributed by atoms with Gasteiger partial charge in [-0.25, -0.2) is 4.98 Å². The van der Waals surface area contributed by atoms with Crippen molar-refractivity contribution in [2.24, 2.45) is 7.05 Å².